The van der Waals surface area contributed by atoms with Gasteiger partial charge in [-0.05, 0) is 0 Å². The number of aromatic amines is 1. The summed E-state index contributed by atoms with van der Waals surface area (Å²) in [4.78, 5) is 6.25. The van der Waals surface area contributed by atoms with Crippen LogP contribution in [-0.2, 0) is 6.54 Å². The zero-order chi connectivity index (χ0) is 5.98. The Bertz CT molecular complexity index is 172. The van der Waals surface area contributed by atoms with E-state index in [1.54, 1.807) is 0 Å². The van der Waals surface area contributed by atoms with E-state index in [1.807, 2.05) is 0 Å². The van der Waals surface area contributed by atoms with Crippen LogP contribution in [-0.4, -0.2) is 15.1 Å². The molecule has 0 radical (unpaired) electrons. The molecule has 0 saturated heterocycles. The van der Waals surface area contributed by atoms with Crippen LogP contribution in [0.5, 0.6) is 5.88 Å². The molecule has 0 aliphatic rings. The number of rotatable bonds is 1. The number of H-pyrrole nitrogens is 1. The number of aromatic nitrogens is 2. The van der Waals surface area contributed by atoms with Gasteiger partial charge in [-0.15, -0.1) is 0 Å². The third-order valence-electron chi connectivity index (χ3n) is 0.808. The predicted octanol–water partition coefficient (Wildman–Crippen LogP) is -0.426. The van der Waals surface area contributed by atoms with Crippen molar-refractivity contribution >= 4 is 0 Å². The van der Waals surface area contributed by atoms with Crippen molar-refractivity contribution in [2.45, 2.75) is 6.54 Å². The minimum atomic E-state index is 0.0606. The first-order valence-electron chi connectivity index (χ1n) is 2.26. The molecule has 4 N–H and O–H groups in total. The molecule has 1 rings (SSSR count). The van der Waals surface area contributed by atoms with E-state index in [1.165, 1.54) is 6.20 Å². The Morgan fingerprint density at radius 1 is 1.88 bits per heavy atom. The third kappa shape index (κ3) is 0.788. The topological polar surface area (TPSA) is 74.9 Å². The van der Waals surface area contributed by atoms with Gasteiger partial charge in [-0.25, -0.2) is 4.98 Å². The lowest BCUT2D eigenvalue weighted by atomic mass is 10.6. The van der Waals surface area contributed by atoms with Crippen molar-refractivity contribution in [3.05, 3.63) is 12.0 Å². The van der Waals surface area contributed by atoms with E-state index < -0.39 is 0 Å². The number of imidazole rings is 1. The van der Waals surface area contributed by atoms with Crippen molar-refractivity contribution in [3.8, 4) is 5.88 Å². The van der Waals surface area contributed by atoms with Gasteiger partial charge in [-0.2, -0.15) is 0 Å². The van der Waals surface area contributed by atoms with Crippen LogP contribution >= 0.6 is 0 Å². The molecule has 0 fully saturated rings. The molecule has 1 aromatic heterocycles. The predicted molar refractivity (Wildman–Crippen MR) is 28.1 cm³/mol. The smallest absolute Gasteiger partial charge is 0.208 e. The van der Waals surface area contributed by atoms with Gasteiger partial charge in [-0.3, -0.25) is 0 Å². The number of hydrogen-bond acceptors (Lipinski definition) is 3. The maximum absolute atomic E-state index is 8.61. The first-order chi connectivity index (χ1) is 3.83. The Morgan fingerprint density at radius 3 is 2.88 bits per heavy atom. The summed E-state index contributed by atoms with van der Waals surface area (Å²) < 4.78 is 0. The molecular formula is C4H7N3O. The Balaban J connectivity index is 2.84. The number of nitrogens with one attached hydrogen (secondary N) is 1. The van der Waals surface area contributed by atoms with Gasteiger partial charge < -0.3 is 15.8 Å². The summed E-state index contributed by atoms with van der Waals surface area (Å²) in [7, 11) is 0. The molecule has 4 nitrogen and oxygen atoms in total. The Labute approximate surface area is 46.4 Å². The summed E-state index contributed by atoms with van der Waals surface area (Å²) in [6.07, 6.45) is 1.32. The van der Waals surface area contributed by atoms with Gasteiger partial charge in [0.05, 0.1) is 12.7 Å². The molecule has 0 bridgehead atoms. The van der Waals surface area contributed by atoms with Gasteiger partial charge >= 0.3 is 0 Å². The number of nitrogens with two attached hydrogens (primary N) is 1. The van der Waals surface area contributed by atoms with Crippen LogP contribution in [0.3, 0.4) is 0 Å². The second-order valence-corrected chi connectivity index (χ2v) is 1.42. The third-order valence-corrected chi connectivity index (χ3v) is 0.808. The Morgan fingerprint density at radius 2 is 2.62 bits per heavy atom. The molecule has 0 unspecified atom stereocenters. The summed E-state index contributed by atoms with van der Waals surface area (Å²) in [5.41, 5.74) is 5.16. The summed E-state index contributed by atoms with van der Waals surface area (Å²) in [6.45, 7) is 0.334. The lowest BCUT2D eigenvalue weighted by Crippen LogP contribution is -1.97. The molecule has 0 aliphatic heterocycles. The second-order valence-electron chi connectivity index (χ2n) is 1.42. The molecule has 4 heteroatoms. The first kappa shape index (κ1) is 5.11. The van der Waals surface area contributed by atoms with Gasteiger partial charge in [0.25, 0.3) is 0 Å². The van der Waals surface area contributed by atoms with Gasteiger partial charge in [0.15, 0.2) is 0 Å². The first-order valence-corrected chi connectivity index (χ1v) is 2.26. The molecule has 44 valence electrons. The number of hydrogen-bond donors (Lipinski definition) is 3. The van der Waals surface area contributed by atoms with E-state index >= 15 is 0 Å². The Kier molecular flexibility index (Phi) is 1.17. The van der Waals surface area contributed by atoms with Crippen molar-refractivity contribution in [2.24, 2.45) is 5.73 Å². The lowest BCUT2D eigenvalue weighted by Gasteiger charge is -1.82. The van der Waals surface area contributed by atoms with E-state index in [0.717, 1.165) is 0 Å². The van der Waals surface area contributed by atoms with E-state index in [9.17, 15) is 0 Å². The van der Waals surface area contributed by atoms with Crippen LogP contribution < -0.4 is 5.73 Å². The molecule has 0 atom stereocenters. The molecule has 8 heavy (non-hydrogen) atoms. The summed E-state index contributed by atoms with van der Waals surface area (Å²) in [6, 6.07) is 0. The van der Waals surface area contributed by atoms with Crippen LogP contribution in [0.2, 0.25) is 0 Å². The molecule has 1 heterocycles. The molecule has 0 aromatic carbocycles. The highest BCUT2D eigenvalue weighted by Gasteiger charge is 1.91. The summed E-state index contributed by atoms with van der Waals surface area (Å²) >= 11 is 0. The molecule has 0 aliphatic carbocycles. The van der Waals surface area contributed by atoms with Crippen LogP contribution in [0.4, 0.5) is 0 Å². The van der Waals surface area contributed by atoms with Gasteiger partial charge in [0.1, 0.15) is 5.82 Å². The van der Waals surface area contributed by atoms with Crippen molar-refractivity contribution in [3.63, 3.8) is 0 Å². The van der Waals surface area contributed by atoms with Crippen LogP contribution in [0.1, 0.15) is 5.82 Å². The van der Waals surface area contributed by atoms with Crippen molar-refractivity contribution in [1.82, 2.24) is 9.97 Å². The molecule has 1 aromatic rings. The van der Waals surface area contributed by atoms with Crippen molar-refractivity contribution < 1.29 is 5.11 Å². The highest BCUT2D eigenvalue weighted by atomic mass is 16.3. The second kappa shape index (κ2) is 1.83. The monoisotopic (exact) mass is 113 g/mol. The van der Waals surface area contributed by atoms with Crippen LogP contribution in [0, 0.1) is 0 Å². The van der Waals surface area contributed by atoms with Crippen molar-refractivity contribution in [2.75, 3.05) is 0 Å². The zero-order valence-electron chi connectivity index (χ0n) is 4.26. The largest absolute Gasteiger partial charge is 0.493 e. The zero-order valence-corrected chi connectivity index (χ0v) is 4.26. The molecule has 0 spiro atoms. The van der Waals surface area contributed by atoms with Crippen LogP contribution in [0.25, 0.3) is 0 Å². The maximum atomic E-state index is 8.61. The Hall–Kier alpha value is -1.03. The fourth-order valence-electron chi connectivity index (χ4n) is 0.455. The minimum Gasteiger partial charge on any atom is -0.493 e. The average Bonchev–Trinajstić information content (AvgIpc) is 2.14. The molecular weight excluding hydrogens is 106 g/mol. The lowest BCUT2D eigenvalue weighted by molar-refractivity contribution is 0.455. The number of nitrogens with zero attached hydrogens (tertiary/aromatic N) is 1. The maximum Gasteiger partial charge on any atom is 0.208 e. The summed E-state index contributed by atoms with van der Waals surface area (Å²) in [5.74, 6) is 0.660. The fraction of sp³-hybridized carbons (Fsp3) is 0.250. The van der Waals surface area contributed by atoms with E-state index in [-0.39, 0.29) is 5.88 Å². The van der Waals surface area contributed by atoms with Gasteiger partial charge in [-0.1, -0.05) is 0 Å². The highest BCUT2D eigenvalue weighted by molar-refractivity contribution is 5.03. The normalized spacial score (nSPS) is 9.62. The van der Waals surface area contributed by atoms with Crippen LogP contribution in [0.15, 0.2) is 6.20 Å². The van der Waals surface area contributed by atoms with Crippen molar-refractivity contribution in [1.29, 1.82) is 0 Å². The van der Waals surface area contributed by atoms with E-state index in [2.05, 4.69) is 9.97 Å². The fourth-order valence-corrected chi connectivity index (χ4v) is 0.455. The van der Waals surface area contributed by atoms with E-state index in [4.69, 9.17) is 10.8 Å². The number of aromatic hydroxyl groups is 1. The SMILES string of the molecule is NCc1ncc(O)[nH]1. The van der Waals surface area contributed by atoms with Gasteiger partial charge in [0.2, 0.25) is 5.88 Å². The minimum absolute atomic E-state index is 0.0606. The standard InChI is InChI=1S/C4H7N3O/c5-1-3-6-2-4(8)7-3/h2,8H,1,5H2,(H,6,7). The quantitative estimate of drug-likeness (QED) is 0.462. The highest BCUT2D eigenvalue weighted by Crippen LogP contribution is 2.00. The van der Waals surface area contributed by atoms with Gasteiger partial charge in [0, 0.05) is 0 Å². The average molecular weight is 113 g/mol. The van der Waals surface area contributed by atoms with E-state index in [0.29, 0.717) is 12.4 Å². The molecule has 0 saturated carbocycles. The molecule has 0 amide bonds. The summed E-state index contributed by atoms with van der Waals surface area (Å²) in [5, 5.41) is 8.61.